The molecular formula is C14H14N6O. The monoisotopic (exact) mass is 282 g/mol. The molecule has 0 atom stereocenters. The predicted octanol–water partition coefficient (Wildman–Crippen LogP) is 1.67. The standard InChI is InChI=1S/C14H14N6O/c1-20(2)13-11(4-3-7-15-13)16-14(21)9-5-6-10-12(8-9)18-19-17-10/h3-8H,1-2H3,(H,16,21)(H,17,18,19). The van der Waals surface area contributed by atoms with Crippen LogP contribution in [0.15, 0.2) is 36.5 Å². The van der Waals surface area contributed by atoms with Gasteiger partial charge in [0.2, 0.25) is 0 Å². The minimum absolute atomic E-state index is 0.212. The van der Waals surface area contributed by atoms with Crippen LogP contribution in [-0.4, -0.2) is 40.4 Å². The molecule has 7 nitrogen and oxygen atoms in total. The van der Waals surface area contributed by atoms with E-state index < -0.39 is 0 Å². The lowest BCUT2D eigenvalue weighted by Gasteiger charge is -2.16. The van der Waals surface area contributed by atoms with Crippen molar-refractivity contribution in [2.24, 2.45) is 0 Å². The second-order valence-corrected chi connectivity index (χ2v) is 4.75. The third-order valence-corrected chi connectivity index (χ3v) is 3.04. The van der Waals surface area contributed by atoms with Gasteiger partial charge in [-0.1, -0.05) is 0 Å². The fraction of sp³-hybridized carbons (Fsp3) is 0.143. The third kappa shape index (κ3) is 2.53. The molecule has 2 aromatic heterocycles. The van der Waals surface area contributed by atoms with Crippen molar-refractivity contribution in [1.29, 1.82) is 0 Å². The Hall–Kier alpha value is -2.96. The van der Waals surface area contributed by atoms with Gasteiger partial charge in [-0.2, -0.15) is 15.4 Å². The quantitative estimate of drug-likeness (QED) is 0.763. The maximum atomic E-state index is 12.3. The van der Waals surface area contributed by atoms with Crippen LogP contribution >= 0.6 is 0 Å². The molecule has 7 heteroatoms. The number of nitrogens with zero attached hydrogens (tertiary/aromatic N) is 4. The number of fused-ring (bicyclic) bond motifs is 1. The Labute approximate surface area is 121 Å². The lowest BCUT2D eigenvalue weighted by molar-refractivity contribution is 0.102. The highest BCUT2D eigenvalue weighted by Gasteiger charge is 2.12. The van der Waals surface area contributed by atoms with E-state index >= 15 is 0 Å². The second kappa shape index (κ2) is 5.20. The normalized spacial score (nSPS) is 10.6. The number of hydrogen-bond acceptors (Lipinski definition) is 5. The zero-order chi connectivity index (χ0) is 14.8. The molecule has 0 bridgehead atoms. The van der Waals surface area contributed by atoms with Crippen molar-refractivity contribution in [2.45, 2.75) is 0 Å². The van der Waals surface area contributed by atoms with Crippen molar-refractivity contribution in [3.63, 3.8) is 0 Å². The average molecular weight is 282 g/mol. The van der Waals surface area contributed by atoms with E-state index in [1.54, 1.807) is 30.5 Å². The molecule has 0 spiro atoms. The van der Waals surface area contributed by atoms with Crippen molar-refractivity contribution in [2.75, 3.05) is 24.3 Å². The van der Waals surface area contributed by atoms with Crippen LogP contribution in [0.2, 0.25) is 0 Å². The molecule has 0 aliphatic heterocycles. The molecule has 3 aromatic rings. The molecule has 21 heavy (non-hydrogen) atoms. The minimum atomic E-state index is -0.212. The van der Waals surface area contributed by atoms with Gasteiger partial charge in [0.15, 0.2) is 5.82 Å². The van der Waals surface area contributed by atoms with Crippen LogP contribution in [0, 0.1) is 0 Å². The number of aromatic amines is 1. The molecular weight excluding hydrogens is 268 g/mol. The number of amides is 1. The average Bonchev–Trinajstić information content (AvgIpc) is 2.94. The fourth-order valence-electron chi connectivity index (χ4n) is 2.03. The van der Waals surface area contributed by atoms with Crippen LogP contribution in [-0.2, 0) is 0 Å². The predicted molar refractivity (Wildman–Crippen MR) is 80.4 cm³/mol. The number of hydrogen-bond donors (Lipinski definition) is 2. The number of aromatic nitrogens is 4. The zero-order valence-corrected chi connectivity index (χ0v) is 11.7. The van der Waals surface area contributed by atoms with Gasteiger partial charge in [-0.3, -0.25) is 4.79 Å². The lowest BCUT2D eigenvalue weighted by Crippen LogP contribution is -2.17. The maximum Gasteiger partial charge on any atom is 0.255 e. The van der Waals surface area contributed by atoms with Gasteiger partial charge in [0.1, 0.15) is 11.0 Å². The van der Waals surface area contributed by atoms with Gasteiger partial charge >= 0.3 is 0 Å². The van der Waals surface area contributed by atoms with Gasteiger partial charge in [0.25, 0.3) is 5.91 Å². The Bertz CT molecular complexity index is 795. The summed E-state index contributed by atoms with van der Waals surface area (Å²) in [4.78, 5) is 18.4. The van der Waals surface area contributed by atoms with Gasteiger partial charge in [0.05, 0.1) is 5.69 Å². The molecule has 0 radical (unpaired) electrons. The van der Waals surface area contributed by atoms with E-state index in [1.807, 2.05) is 25.1 Å². The summed E-state index contributed by atoms with van der Waals surface area (Å²) in [6, 6.07) is 8.76. The summed E-state index contributed by atoms with van der Waals surface area (Å²) in [5.41, 5.74) is 2.56. The van der Waals surface area contributed by atoms with E-state index in [1.165, 1.54) is 0 Å². The number of anilines is 2. The highest BCUT2D eigenvalue weighted by molar-refractivity contribution is 6.07. The first-order valence-corrected chi connectivity index (χ1v) is 6.39. The molecule has 106 valence electrons. The molecule has 1 aromatic carbocycles. The van der Waals surface area contributed by atoms with Crippen LogP contribution in [0.5, 0.6) is 0 Å². The summed E-state index contributed by atoms with van der Waals surface area (Å²) in [7, 11) is 3.75. The van der Waals surface area contributed by atoms with Crippen LogP contribution in [0.25, 0.3) is 11.0 Å². The van der Waals surface area contributed by atoms with Crippen molar-refractivity contribution in [1.82, 2.24) is 20.4 Å². The summed E-state index contributed by atoms with van der Waals surface area (Å²) in [5, 5.41) is 13.3. The van der Waals surface area contributed by atoms with Crippen LogP contribution < -0.4 is 10.2 Å². The molecule has 2 N–H and O–H groups in total. The highest BCUT2D eigenvalue weighted by atomic mass is 16.1. The van der Waals surface area contributed by atoms with Crippen molar-refractivity contribution >= 4 is 28.4 Å². The van der Waals surface area contributed by atoms with Gasteiger partial charge in [-0.15, -0.1) is 0 Å². The Morgan fingerprint density at radius 1 is 1.19 bits per heavy atom. The topological polar surface area (TPSA) is 86.8 Å². The van der Waals surface area contributed by atoms with Gasteiger partial charge < -0.3 is 10.2 Å². The van der Waals surface area contributed by atoms with E-state index in [0.29, 0.717) is 22.6 Å². The Balaban J connectivity index is 1.89. The Morgan fingerprint density at radius 3 is 2.81 bits per heavy atom. The SMILES string of the molecule is CN(C)c1ncccc1NC(=O)c1ccc2n[nH]nc2c1. The van der Waals surface area contributed by atoms with Crippen molar-refractivity contribution in [3.05, 3.63) is 42.1 Å². The van der Waals surface area contributed by atoms with Crippen molar-refractivity contribution in [3.8, 4) is 0 Å². The number of pyridine rings is 1. The molecule has 3 rings (SSSR count). The van der Waals surface area contributed by atoms with E-state index in [0.717, 1.165) is 5.52 Å². The van der Waals surface area contributed by atoms with E-state index in [4.69, 9.17) is 0 Å². The molecule has 0 unspecified atom stereocenters. The third-order valence-electron chi connectivity index (χ3n) is 3.04. The first-order chi connectivity index (χ1) is 10.1. The van der Waals surface area contributed by atoms with Gasteiger partial charge in [-0.25, -0.2) is 4.98 Å². The summed E-state index contributed by atoms with van der Waals surface area (Å²) in [6.45, 7) is 0. The first-order valence-electron chi connectivity index (χ1n) is 6.39. The number of rotatable bonds is 3. The molecule has 2 heterocycles. The number of nitrogens with one attached hydrogen (secondary N) is 2. The van der Waals surface area contributed by atoms with E-state index in [9.17, 15) is 4.79 Å². The van der Waals surface area contributed by atoms with Gasteiger partial charge in [-0.05, 0) is 30.3 Å². The Kier molecular flexibility index (Phi) is 3.23. The summed E-state index contributed by atoms with van der Waals surface area (Å²) in [5.74, 6) is 0.490. The first kappa shape index (κ1) is 13.0. The number of carbonyl (C=O) groups is 1. The molecule has 0 aliphatic rings. The van der Waals surface area contributed by atoms with Crippen LogP contribution in [0.4, 0.5) is 11.5 Å². The summed E-state index contributed by atoms with van der Waals surface area (Å²) >= 11 is 0. The number of H-pyrrole nitrogens is 1. The molecule has 0 fully saturated rings. The van der Waals surface area contributed by atoms with E-state index in [2.05, 4.69) is 25.7 Å². The zero-order valence-electron chi connectivity index (χ0n) is 11.7. The smallest absolute Gasteiger partial charge is 0.255 e. The fourth-order valence-corrected chi connectivity index (χ4v) is 2.03. The number of carbonyl (C=O) groups excluding carboxylic acids is 1. The molecule has 0 saturated carbocycles. The van der Waals surface area contributed by atoms with Crippen molar-refractivity contribution < 1.29 is 4.79 Å². The largest absolute Gasteiger partial charge is 0.361 e. The lowest BCUT2D eigenvalue weighted by atomic mass is 10.2. The molecule has 1 amide bonds. The highest BCUT2D eigenvalue weighted by Crippen LogP contribution is 2.21. The number of benzene rings is 1. The van der Waals surface area contributed by atoms with Crippen LogP contribution in [0.3, 0.4) is 0 Å². The van der Waals surface area contributed by atoms with Crippen LogP contribution in [0.1, 0.15) is 10.4 Å². The van der Waals surface area contributed by atoms with E-state index in [-0.39, 0.29) is 5.91 Å². The van der Waals surface area contributed by atoms with Gasteiger partial charge in [0, 0.05) is 25.9 Å². The summed E-state index contributed by atoms with van der Waals surface area (Å²) < 4.78 is 0. The summed E-state index contributed by atoms with van der Waals surface area (Å²) in [6.07, 6.45) is 1.69. The second-order valence-electron chi connectivity index (χ2n) is 4.75. The minimum Gasteiger partial charge on any atom is -0.361 e. The Morgan fingerprint density at radius 2 is 2.00 bits per heavy atom. The maximum absolute atomic E-state index is 12.3. The molecule has 0 aliphatic carbocycles. The molecule has 0 saturated heterocycles.